The summed E-state index contributed by atoms with van der Waals surface area (Å²) in [5.41, 5.74) is 3.72. The van der Waals surface area contributed by atoms with E-state index in [9.17, 15) is 9.59 Å². The molecule has 45 heavy (non-hydrogen) atoms. The number of halogens is 1. The first kappa shape index (κ1) is 30.1. The standard InChI is InChI=1S/C36H29ClN2O5S/c1-3-43-35(41)31-32(24-9-5-4-6-10-24)38-36-39(33(31)25-15-19-27(42-2)20-16-25)34(40)30(45-36)21-23-13-17-28(18-14-23)44-22-26-11-7-8-12-29(26)37/h4-21,33H,3,22H2,1-2H3/b30-21-/t33-/m1/s1. The zero-order valence-electron chi connectivity index (χ0n) is 24.6. The summed E-state index contributed by atoms with van der Waals surface area (Å²) in [6.45, 7) is 2.28. The third-order valence-electron chi connectivity index (χ3n) is 7.34. The van der Waals surface area contributed by atoms with Crippen molar-refractivity contribution in [1.29, 1.82) is 0 Å². The maximum Gasteiger partial charge on any atom is 0.338 e. The summed E-state index contributed by atoms with van der Waals surface area (Å²) in [5.74, 6) is 0.817. The molecule has 0 radical (unpaired) electrons. The van der Waals surface area contributed by atoms with Gasteiger partial charge in [0.2, 0.25) is 0 Å². The van der Waals surface area contributed by atoms with Crippen LogP contribution in [0.4, 0.5) is 0 Å². The molecule has 0 unspecified atom stereocenters. The molecule has 226 valence electrons. The first-order valence-corrected chi connectivity index (χ1v) is 15.5. The van der Waals surface area contributed by atoms with Gasteiger partial charge in [-0.1, -0.05) is 95.7 Å². The van der Waals surface area contributed by atoms with Crippen LogP contribution in [-0.2, 0) is 16.1 Å². The summed E-state index contributed by atoms with van der Waals surface area (Å²) in [6.07, 6.45) is 1.82. The van der Waals surface area contributed by atoms with Gasteiger partial charge in [0.25, 0.3) is 5.56 Å². The molecule has 0 N–H and O–H groups in total. The molecule has 5 aromatic rings. The lowest BCUT2D eigenvalue weighted by Gasteiger charge is -2.26. The lowest BCUT2D eigenvalue weighted by atomic mass is 9.93. The van der Waals surface area contributed by atoms with Crippen molar-refractivity contribution in [3.05, 3.63) is 156 Å². The van der Waals surface area contributed by atoms with Crippen LogP contribution in [0, 0.1) is 0 Å². The monoisotopic (exact) mass is 636 g/mol. The zero-order valence-corrected chi connectivity index (χ0v) is 26.2. The van der Waals surface area contributed by atoms with Gasteiger partial charge in [-0.25, -0.2) is 9.79 Å². The first-order valence-electron chi connectivity index (χ1n) is 14.4. The van der Waals surface area contributed by atoms with Gasteiger partial charge in [0.15, 0.2) is 4.80 Å². The van der Waals surface area contributed by atoms with Crippen molar-refractivity contribution < 1.29 is 19.0 Å². The van der Waals surface area contributed by atoms with Crippen LogP contribution < -0.4 is 24.4 Å². The van der Waals surface area contributed by atoms with Gasteiger partial charge in [-0.15, -0.1) is 0 Å². The van der Waals surface area contributed by atoms with E-state index in [1.807, 2.05) is 109 Å². The minimum absolute atomic E-state index is 0.183. The molecule has 1 atom stereocenters. The molecule has 1 aliphatic heterocycles. The van der Waals surface area contributed by atoms with Crippen LogP contribution in [0.1, 0.15) is 35.2 Å². The number of thiazole rings is 1. The van der Waals surface area contributed by atoms with E-state index in [1.165, 1.54) is 11.3 Å². The van der Waals surface area contributed by atoms with Crippen LogP contribution in [0.3, 0.4) is 0 Å². The van der Waals surface area contributed by atoms with E-state index in [0.29, 0.717) is 43.7 Å². The Labute approximate surface area is 268 Å². The Hall–Kier alpha value is -4.92. The smallest absolute Gasteiger partial charge is 0.338 e. The highest BCUT2D eigenvalue weighted by molar-refractivity contribution is 7.07. The Morgan fingerprint density at radius 1 is 0.933 bits per heavy atom. The molecule has 9 heteroatoms. The van der Waals surface area contributed by atoms with Crippen molar-refractivity contribution in [2.24, 2.45) is 4.99 Å². The maximum absolute atomic E-state index is 14.1. The quantitative estimate of drug-likeness (QED) is 0.181. The Balaban J connectivity index is 1.44. The molecule has 0 saturated carbocycles. The SMILES string of the molecule is CCOC(=O)C1=C(c2ccccc2)N=c2s/c(=C\c3ccc(OCc4ccccc4Cl)cc3)c(=O)n2[C@@H]1c1ccc(OC)cc1. The van der Waals surface area contributed by atoms with E-state index in [2.05, 4.69) is 0 Å². The van der Waals surface area contributed by atoms with Gasteiger partial charge >= 0.3 is 5.97 Å². The summed E-state index contributed by atoms with van der Waals surface area (Å²) < 4.78 is 18.9. The third kappa shape index (κ3) is 6.34. The van der Waals surface area contributed by atoms with Gasteiger partial charge in [-0.2, -0.15) is 0 Å². The van der Waals surface area contributed by atoms with E-state index >= 15 is 0 Å². The highest BCUT2D eigenvalue weighted by atomic mass is 35.5. The van der Waals surface area contributed by atoms with Crippen molar-refractivity contribution in [3.63, 3.8) is 0 Å². The lowest BCUT2D eigenvalue weighted by molar-refractivity contribution is -0.138. The van der Waals surface area contributed by atoms with E-state index in [4.69, 9.17) is 30.8 Å². The minimum Gasteiger partial charge on any atom is -0.497 e. The molecule has 4 aromatic carbocycles. The van der Waals surface area contributed by atoms with Crippen LogP contribution >= 0.6 is 22.9 Å². The molecular weight excluding hydrogens is 608 g/mol. The molecule has 0 aliphatic carbocycles. The van der Waals surface area contributed by atoms with Gasteiger partial charge in [0.05, 0.1) is 35.6 Å². The Morgan fingerprint density at radius 3 is 2.31 bits per heavy atom. The fraction of sp³-hybridized carbons (Fsp3) is 0.139. The molecule has 0 spiro atoms. The molecule has 6 rings (SSSR count). The van der Waals surface area contributed by atoms with Crippen LogP contribution in [0.2, 0.25) is 5.02 Å². The second-order valence-corrected chi connectivity index (χ2v) is 11.6. The van der Waals surface area contributed by atoms with Crippen molar-refractivity contribution in [3.8, 4) is 11.5 Å². The molecule has 7 nitrogen and oxygen atoms in total. The van der Waals surface area contributed by atoms with Crippen molar-refractivity contribution in [1.82, 2.24) is 4.57 Å². The minimum atomic E-state index is -0.760. The zero-order chi connectivity index (χ0) is 31.3. The molecule has 1 aliphatic rings. The highest BCUT2D eigenvalue weighted by Gasteiger charge is 2.35. The van der Waals surface area contributed by atoms with Crippen LogP contribution in [0.5, 0.6) is 11.5 Å². The van der Waals surface area contributed by atoms with Crippen molar-refractivity contribution in [2.75, 3.05) is 13.7 Å². The molecule has 0 saturated heterocycles. The number of methoxy groups -OCH3 is 1. The van der Waals surface area contributed by atoms with Gasteiger partial charge in [0.1, 0.15) is 18.1 Å². The Bertz CT molecular complexity index is 2050. The lowest BCUT2D eigenvalue weighted by Crippen LogP contribution is -2.40. The number of aromatic nitrogens is 1. The molecule has 0 fully saturated rings. The van der Waals surface area contributed by atoms with Gasteiger partial charge in [-0.05, 0) is 54.5 Å². The molecule has 0 amide bonds. The Kier molecular flexibility index (Phi) is 8.96. The van der Waals surface area contributed by atoms with E-state index in [-0.39, 0.29) is 12.2 Å². The van der Waals surface area contributed by atoms with Crippen LogP contribution in [-0.4, -0.2) is 24.3 Å². The van der Waals surface area contributed by atoms with Gasteiger partial charge in [-0.3, -0.25) is 9.36 Å². The topological polar surface area (TPSA) is 79.1 Å². The number of rotatable bonds is 9. The molecule has 0 bridgehead atoms. The molecule has 1 aromatic heterocycles. The first-order chi connectivity index (χ1) is 22.0. The summed E-state index contributed by atoms with van der Waals surface area (Å²) in [7, 11) is 1.59. The summed E-state index contributed by atoms with van der Waals surface area (Å²) in [4.78, 5) is 33.1. The molecule has 2 heterocycles. The average molecular weight is 637 g/mol. The summed E-state index contributed by atoms with van der Waals surface area (Å²) in [6, 6.07) is 31.1. The number of benzene rings is 4. The van der Waals surface area contributed by atoms with Crippen molar-refractivity contribution in [2.45, 2.75) is 19.6 Å². The van der Waals surface area contributed by atoms with E-state index in [1.54, 1.807) is 18.6 Å². The maximum atomic E-state index is 14.1. The van der Waals surface area contributed by atoms with E-state index in [0.717, 1.165) is 22.3 Å². The van der Waals surface area contributed by atoms with Crippen LogP contribution in [0.25, 0.3) is 11.8 Å². The second-order valence-electron chi connectivity index (χ2n) is 10.2. The highest BCUT2D eigenvalue weighted by Crippen LogP contribution is 2.35. The Morgan fingerprint density at radius 2 is 1.62 bits per heavy atom. The number of carbonyl (C=O) groups is 1. The third-order valence-corrected chi connectivity index (χ3v) is 8.69. The van der Waals surface area contributed by atoms with Crippen LogP contribution in [0.15, 0.2) is 118 Å². The number of carbonyl (C=O) groups excluding carboxylic acids is 1. The normalized spacial score (nSPS) is 14.5. The predicted molar refractivity (Wildman–Crippen MR) is 176 cm³/mol. The number of nitrogens with zero attached hydrogens (tertiary/aromatic N) is 2. The number of esters is 1. The largest absolute Gasteiger partial charge is 0.497 e. The fourth-order valence-corrected chi connectivity index (χ4v) is 6.32. The van der Waals surface area contributed by atoms with Gasteiger partial charge < -0.3 is 14.2 Å². The number of ether oxygens (including phenoxy) is 3. The van der Waals surface area contributed by atoms with Gasteiger partial charge in [0, 0.05) is 16.1 Å². The number of hydrogen-bond donors (Lipinski definition) is 0. The summed E-state index contributed by atoms with van der Waals surface area (Å²) in [5, 5.41) is 0.652. The predicted octanol–water partition coefficient (Wildman–Crippen LogP) is 6.18. The average Bonchev–Trinajstić information content (AvgIpc) is 3.38. The van der Waals surface area contributed by atoms with Crippen molar-refractivity contribution >= 4 is 40.7 Å². The summed E-state index contributed by atoms with van der Waals surface area (Å²) >= 11 is 7.53. The fourth-order valence-electron chi connectivity index (χ4n) is 5.13. The number of fused-ring (bicyclic) bond motifs is 1. The molecular formula is C36H29ClN2O5S. The van der Waals surface area contributed by atoms with E-state index < -0.39 is 12.0 Å². The number of hydrogen-bond acceptors (Lipinski definition) is 7. The second kappa shape index (κ2) is 13.4.